The van der Waals surface area contributed by atoms with Crippen LogP contribution in [0.3, 0.4) is 0 Å². The highest BCUT2D eigenvalue weighted by Crippen LogP contribution is 2.09. The average Bonchev–Trinajstić information content (AvgIpc) is 1.91. The molecule has 3 heteroatoms. The molecule has 1 heterocycles. The molecule has 1 aliphatic heterocycles. The van der Waals surface area contributed by atoms with Gasteiger partial charge in [0, 0.05) is 6.20 Å². The monoisotopic (exact) mass is 138 g/mol. The number of nitrogens with one attached hydrogen (secondary N) is 1. The minimum atomic E-state index is -0.148. The number of hydrogen-bond acceptors (Lipinski definition) is 2. The highest BCUT2D eigenvalue weighted by Gasteiger charge is 1.85. The molecule has 0 fully saturated rings. The molecule has 1 rings (SSSR count). The summed E-state index contributed by atoms with van der Waals surface area (Å²) < 4.78 is 3.00. The minimum Gasteiger partial charge on any atom is -0.338 e. The van der Waals surface area contributed by atoms with Crippen LogP contribution in [-0.2, 0) is 0 Å². The van der Waals surface area contributed by atoms with E-state index in [1.807, 2.05) is 29.8 Å². The maximum absolute atomic E-state index is 8.22. The highest BCUT2D eigenvalue weighted by molar-refractivity contribution is 8.16. The summed E-state index contributed by atoms with van der Waals surface area (Å²) in [4.78, 5) is 0. The maximum atomic E-state index is 8.22. The van der Waals surface area contributed by atoms with Crippen LogP contribution in [0.15, 0.2) is 23.8 Å². The summed E-state index contributed by atoms with van der Waals surface area (Å²) in [7, 11) is -0.148. The minimum absolute atomic E-state index is 0.148. The number of rotatable bonds is 0. The molecule has 1 N–H and O–H groups in total. The second-order valence-electron chi connectivity index (χ2n) is 1.42. The Morgan fingerprint density at radius 2 is 2.44 bits per heavy atom. The Morgan fingerprint density at radius 3 is 3.00 bits per heavy atom. The zero-order valence-electron chi connectivity index (χ0n) is 4.74. The van der Waals surface area contributed by atoms with Gasteiger partial charge < -0.3 is 4.72 Å². The molecule has 46 valence electrons. The first-order valence-corrected chi connectivity index (χ1v) is 3.83. The van der Waals surface area contributed by atoms with Crippen molar-refractivity contribution in [2.24, 2.45) is 0 Å². The van der Waals surface area contributed by atoms with Gasteiger partial charge in [0.25, 0.3) is 0 Å². The van der Waals surface area contributed by atoms with E-state index in [9.17, 15) is 0 Å². The van der Waals surface area contributed by atoms with E-state index in [2.05, 4.69) is 4.72 Å². The Morgan fingerprint density at radius 1 is 1.56 bits per heavy atom. The van der Waals surface area contributed by atoms with Crippen LogP contribution in [0.2, 0.25) is 0 Å². The van der Waals surface area contributed by atoms with Gasteiger partial charge >= 0.3 is 0 Å². The van der Waals surface area contributed by atoms with Crippen molar-refractivity contribution in [2.75, 3.05) is 0 Å². The van der Waals surface area contributed by atoms with Gasteiger partial charge in [-0.3, -0.25) is 0 Å². The molecule has 0 aromatic rings. The van der Waals surface area contributed by atoms with E-state index in [1.165, 1.54) is 0 Å². The van der Waals surface area contributed by atoms with Crippen molar-refractivity contribution in [1.82, 2.24) is 4.72 Å². The molecule has 0 spiro atoms. The van der Waals surface area contributed by atoms with Gasteiger partial charge in [-0.15, -0.1) is 0 Å². The molecule has 0 aromatic carbocycles. The van der Waals surface area contributed by atoms with Crippen LogP contribution in [0, 0.1) is 11.3 Å². The number of nitriles is 1. The summed E-state index contributed by atoms with van der Waals surface area (Å²) in [6.07, 6.45) is 5.65. The normalized spacial score (nSPS) is 23.2. The van der Waals surface area contributed by atoms with Crippen LogP contribution >= 0.6 is 10.7 Å². The van der Waals surface area contributed by atoms with E-state index < -0.39 is 0 Å². The van der Waals surface area contributed by atoms with Gasteiger partial charge in [-0.05, 0) is 11.5 Å². The van der Waals surface area contributed by atoms with Gasteiger partial charge in [0.1, 0.15) is 0 Å². The summed E-state index contributed by atoms with van der Waals surface area (Å²) >= 11 is 0. The average molecular weight is 138 g/mol. The van der Waals surface area contributed by atoms with E-state index in [4.69, 9.17) is 5.26 Å². The SMILES string of the molecule is N#CC=S1C=CC=CN1. The Labute approximate surface area is 56.6 Å². The first-order chi connectivity index (χ1) is 4.43. The van der Waals surface area contributed by atoms with E-state index >= 15 is 0 Å². The molecule has 0 aliphatic carbocycles. The number of nitrogens with zero attached hydrogens (tertiary/aromatic N) is 1. The summed E-state index contributed by atoms with van der Waals surface area (Å²) in [6, 6.07) is 1.98. The highest BCUT2D eigenvalue weighted by atomic mass is 32.2. The molecule has 2 nitrogen and oxygen atoms in total. The lowest BCUT2D eigenvalue weighted by atomic mass is 10.6. The standard InChI is InChI=1S/C6H6N2S/c7-3-6-9-5-2-1-4-8-9/h1-2,4-6,8H. The first kappa shape index (κ1) is 6.12. The summed E-state index contributed by atoms with van der Waals surface area (Å²) in [5.41, 5.74) is 0. The van der Waals surface area contributed by atoms with Gasteiger partial charge in [0.15, 0.2) is 0 Å². The zero-order chi connectivity index (χ0) is 6.53. The predicted molar refractivity (Wildman–Crippen MR) is 40.7 cm³/mol. The lowest BCUT2D eigenvalue weighted by Crippen LogP contribution is -1.95. The summed E-state index contributed by atoms with van der Waals surface area (Å²) in [5, 5.41) is 11.7. The third kappa shape index (κ3) is 1.74. The second kappa shape index (κ2) is 3.10. The molecule has 0 aromatic heterocycles. The number of hydrogen-bond donors (Lipinski definition) is 1. The fourth-order valence-electron chi connectivity index (χ4n) is 0.473. The van der Waals surface area contributed by atoms with Crippen LogP contribution in [0.25, 0.3) is 0 Å². The Kier molecular flexibility index (Phi) is 2.11. The summed E-state index contributed by atoms with van der Waals surface area (Å²) in [6.45, 7) is 0. The van der Waals surface area contributed by atoms with Crippen molar-refractivity contribution in [1.29, 1.82) is 5.26 Å². The fourth-order valence-corrected chi connectivity index (χ4v) is 1.31. The lowest BCUT2D eigenvalue weighted by Gasteiger charge is -2.02. The van der Waals surface area contributed by atoms with Gasteiger partial charge in [0.05, 0.1) is 11.4 Å². The third-order valence-electron chi connectivity index (χ3n) is 0.816. The topological polar surface area (TPSA) is 35.8 Å². The Bertz CT molecular complexity index is 220. The fraction of sp³-hybridized carbons (Fsp3) is 0. The van der Waals surface area contributed by atoms with Crippen molar-refractivity contribution in [3.05, 3.63) is 23.8 Å². The van der Waals surface area contributed by atoms with Crippen molar-refractivity contribution >= 4 is 16.0 Å². The second-order valence-corrected chi connectivity index (χ2v) is 2.91. The number of allylic oxidation sites excluding steroid dienone is 2. The molecular weight excluding hydrogens is 132 g/mol. The van der Waals surface area contributed by atoms with E-state index in [-0.39, 0.29) is 10.7 Å². The quantitative estimate of drug-likeness (QED) is 0.509. The molecule has 0 radical (unpaired) electrons. The van der Waals surface area contributed by atoms with Crippen LogP contribution in [0.1, 0.15) is 0 Å². The molecule has 0 saturated heterocycles. The first-order valence-electron chi connectivity index (χ1n) is 2.48. The zero-order valence-corrected chi connectivity index (χ0v) is 5.56. The smallest absolute Gasteiger partial charge is 0.0994 e. The Balaban J connectivity index is 2.69. The lowest BCUT2D eigenvalue weighted by molar-refractivity contribution is 1.41. The van der Waals surface area contributed by atoms with Crippen LogP contribution in [-0.4, -0.2) is 5.37 Å². The van der Waals surface area contributed by atoms with Crippen molar-refractivity contribution < 1.29 is 0 Å². The van der Waals surface area contributed by atoms with E-state index in [0.29, 0.717) is 0 Å². The molecular formula is C6H6N2S. The third-order valence-corrected chi connectivity index (χ3v) is 2.03. The van der Waals surface area contributed by atoms with Gasteiger partial charge in [-0.25, -0.2) is 0 Å². The maximum Gasteiger partial charge on any atom is 0.0994 e. The van der Waals surface area contributed by atoms with Gasteiger partial charge in [-0.1, -0.05) is 16.7 Å². The molecule has 1 unspecified atom stereocenters. The van der Waals surface area contributed by atoms with Crippen molar-refractivity contribution in [3.8, 4) is 6.07 Å². The molecule has 0 bridgehead atoms. The molecule has 0 saturated carbocycles. The molecule has 9 heavy (non-hydrogen) atoms. The van der Waals surface area contributed by atoms with Gasteiger partial charge in [-0.2, -0.15) is 5.26 Å². The Hall–Kier alpha value is -1.01. The molecule has 0 amide bonds. The van der Waals surface area contributed by atoms with E-state index in [0.717, 1.165) is 0 Å². The van der Waals surface area contributed by atoms with E-state index in [1.54, 1.807) is 5.37 Å². The predicted octanol–water partition coefficient (Wildman–Crippen LogP) is 1.13. The molecule has 1 aliphatic rings. The van der Waals surface area contributed by atoms with Crippen molar-refractivity contribution in [3.63, 3.8) is 0 Å². The van der Waals surface area contributed by atoms with Crippen LogP contribution < -0.4 is 4.72 Å². The van der Waals surface area contributed by atoms with Gasteiger partial charge in [0.2, 0.25) is 0 Å². The largest absolute Gasteiger partial charge is 0.338 e. The van der Waals surface area contributed by atoms with Crippen LogP contribution in [0.4, 0.5) is 0 Å². The summed E-state index contributed by atoms with van der Waals surface area (Å²) in [5.74, 6) is 0. The molecule has 1 atom stereocenters. The van der Waals surface area contributed by atoms with Crippen molar-refractivity contribution in [2.45, 2.75) is 0 Å². The van der Waals surface area contributed by atoms with Crippen LogP contribution in [0.5, 0.6) is 0 Å².